The summed E-state index contributed by atoms with van der Waals surface area (Å²) < 4.78 is 180. The van der Waals surface area contributed by atoms with Crippen molar-refractivity contribution in [3.63, 3.8) is 0 Å². The highest BCUT2D eigenvalue weighted by Gasteiger charge is 2.50. The maximum atomic E-state index is 13.3. The zero-order valence-corrected chi connectivity index (χ0v) is 24.4. The Kier molecular flexibility index (Phi) is 8.33. The van der Waals surface area contributed by atoms with E-state index in [1.54, 1.807) is 0 Å². The van der Waals surface area contributed by atoms with Crippen molar-refractivity contribution in [1.82, 2.24) is 8.25 Å². The van der Waals surface area contributed by atoms with Crippen molar-refractivity contribution >= 4 is 40.1 Å². The highest BCUT2D eigenvalue weighted by Crippen LogP contribution is 2.44. The first-order chi connectivity index (χ1) is 19.1. The van der Waals surface area contributed by atoms with Gasteiger partial charge in [-0.1, -0.05) is 20.4 Å². The third-order valence-corrected chi connectivity index (χ3v) is 13.4. The van der Waals surface area contributed by atoms with Crippen molar-refractivity contribution in [2.24, 2.45) is 0 Å². The Hall–Kier alpha value is -2.26. The van der Waals surface area contributed by atoms with Gasteiger partial charge in [-0.25, -0.2) is 33.7 Å². The van der Waals surface area contributed by atoms with Crippen LogP contribution in [0.15, 0.2) is 34.1 Å². The second-order valence-electron chi connectivity index (χ2n) is 9.64. The standard InChI is InChI=1S/C22H22F6N2O8S4/c23-21(24,25)41(35,36)29-39(31,32)17-11-9-13-5-1-3-7-15(13)19(17)20-16-8-4-2-6-14(16)10-12-18(20)40(33,34)30-42(37,38)22(26,27)28/h9-12,29-30H,1-8H2. The highest BCUT2D eigenvalue weighted by atomic mass is 32.3. The van der Waals surface area contributed by atoms with Gasteiger partial charge in [-0.2, -0.15) is 26.3 Å². The first-order valence-corrected chi connectivity index (χ1v) is 18.0. The normalized spacial score (nSPS) is 17.0. The summed E-state index contributed by atoms with van der Waals surface area (Å²) in [5.74, 6) is 0. The number of nitrogens with one attached hydrogen (secondary N) is 2. The minimum Gasteiger partial charge on any atom is -0.206 e. The number of rotatable bonds is 7. The van der Waals surface area contributed by atoms with Gasteiger partial charge in [0, 0.05) is 11.1 Å². The van der Waals surface area contributed by atoms with E-state index in [-0.39, 0.29) is 24.0 Å². The van der Waals surface area contributed by atoms with Gasteiger partial charge in [-0.15, -0.1) is 0 Å². The second-order valence-corrected chi connectivity index (χ2v) is 16.8. The van der Waals surface area contributed by atoms with E-state index in [2.05, 4.69) is 0 Å². The van der Waals surface area contributed by atoms with E-state index in [0.29, 0.717) is 57.9 Å². The summed E-state index contributed by atoms with van der Waals surface area (Å²) in [6.07, 6.45) is 2.70. The molecule has 0 atom stereocenters. The molecule has 0 bridgehead atoms. The summed E-state index contributed by atoms with van der Waals surface area (Å²) in [7, 11) is -24.2. The third kappa shape index (κ3) is 6.05. The molecule has 0 saturated carbocycles. The molecule has 10 nitrogen and oxygen atoms in total. The molecular formula is C22H22F6N2O8S4. The molecule has 0 saturated heterocycles. The largest absolute Gasteiger partial charge is 0.512 e. The van der Waals surface area contributed by atoms with Crippen LogP contribution in [0.25, 0.3) is 11.1 Å². The average Bonchev–Trinajstić information content (AvgIpc) is 2.84. The van der Waals surface area contributed by atoms with Gasteiger partial charge in [0.05, 0.1) is 9.79 Å². The number of halogens is 6. The number of hydrogen-bond donors (Lipinski definition) is 2. The van der Waals surface area contributed by atoms with Crippen LogP contribution in [0.5, 0.6) is 0 Å². The van der Waals surface area contributed by atoms with Gasteiger partial charge in [-0.05, 0) is 85.8 Å². The smallest absolute Gasteiger partial charge is 0.206 e. The summed E-state index contributed by atoms with van der Waals surface area (Å²) in [6, 6.07) is 4.02. The van der Waals surface area contributed by atoms with Crippen molar-refractivity contribution in [3.8, 4) is 11.1 Å². The lowest BCUT2D eigenvalue weighted by Crippen LogP contribution is -2.41. The van der Waals surface area contributed by atoms with E-state index >= 15 is 0 Å². The zero-order valence-electron chi connectivity index (χ0n) is 21.1. The first kappa shape index (κ1) is 32.6. The van der Waals surface area contributed by atoms with E-state index in [4.69, 9.17) is 0 Å². The van der Waals surface area contributed by atoms with Gasteiger partial charge in [0.25, 0.3) is 20.0 Å². The number of sulfonamides is 4. The Balaban J connectivity index is 2.11. The number of aryl methyl sites for hydroxylation is 2. The molecule has 2 aliphatic rings. The van der Waals surface area contributed by atoms with Crippen molar-refractivity contribution in [2.75, 3.05) is 0 Å². The Morgan fingerprint density at radius 2 is 0.810 bits per heavy atom. The Morgan fingerprint density at radius 3 is 1.12 bits per heavy atom. The van der Waals surface area contributed by atoms with Crippen LogP contribution in [0.4, 0.5) is 26.3 Å². The van der Waals surface area contributed by atoms with Crippen LogP contribution in [-0.2, 0) is 65.8 Å². The van der Waals surface area contributed by atoms with Gasteiger partial charge in [0.15, 0.2) is 0 Å². The van der Waals surface area contributed by atoms with Crippen LogP contribution in [0.1, 0.15) is 47.9 Å². The fourth-order valence-corrected chi connectivity index (χ4v) is 10.3. The van der Waals surface area contributed by atoms with Gasteiger partial charge in [-0.3, -0.25) is 0 Å². The van der Waals surface area contributed by atoms with Crippen molar-refractivity contribution < 1.29 is 60.0 Å². The number of benzene rings is 2. The lowest BCUT2D eigenvalue weighted by Gasteiger charge is -2.28. The van der Waals surface area contributed by atoms with Crippen molar-refractivity contribution in [2.45, 2.75) is 72.2 Å². The molecule has 234 valence electrons. The summed E-state index contributed by atoms with van der Waals surface area (Å²) in [5, 5.41) is 0. The molecule has 0 amide bonds. The van der Waals surface area contributed by atoms with Gasteiger partial charge in [0.1, 0.15) is 0 Å². The van der Waals surface area contributed by atoms with Crippen LogP contribution >= 0.6 is 0 Å². The number of hydrogen-bond acceptors (Lipinski definition) is 8. The van der Waals surface area contributed by atoms with Crippen molar-refractivity contribution in [1.29, 1.82) is 0 Å². The summed E-state index contributed by atoms with van der Waals surface area (Å²) in [4.78, 5) is -2.16. The molecule has 2 aliphatic carbocycles. The fourth-order valence-electron chi connectivity index (χ4n) is 5.08. The van der Waals surface area contributed by atoms with Crippen molar-refractivity contribution in [3.05, 3.63) is 46.5 Å². The topological polar surface area (TPSA) is 161 Å². The lowest BCUT2D eigenvalue weighted by atomic mass is 9.81. The van der Waals surface area contributed by atoms with Gasteiger partial charge >= 0.3 is 31.1 Å². The molecule has 0 fully saturated rings. The Labute approximate surface area is 237 Å². The molecule has 0 aromatic heterocycles. The van der Waals surface area contributed by atoms with E-state index in [1.807, 2.05) is 0 Å². The highest BCUT2D eigenvalue weighted by molar-refractivity contribution is 8.05. The number of fused-ring (bicyclic) bond motifs is 2. The average molecular weight is 685 g/mol. The first-order valence-electron chi connectivity index (χ1n) is 12.1. The molecule has 2 aromatic rings. The van der Waals surface area contributed by atoms with E-state index in [9.17, 15) is 60.0 Å². The molecule has 2 aromatic carbocycles. The second kappa shape index (κ2) is 10.7. The molecule has 0 heterocycles. The van der Waals surface area contributed by atoms with E-state index < -0.39 is 72.0 Å². The molecule has 0 aliphatic heterocycles. The molecule has 4 rings (SSSR count). The molecule has 2 N–H and O–H groups in total. The molecule has 20 heteroatoms. The Bertz CT molecular complexity index is 1730. The monoisotopic (exact) mass is 684 g/mol. The molecule has 0 unspecified atom stereocenters. The van der Waals surface area contributed by atoms with E-state index in [1.165, 1.54) is 12.1 Å². The SMILES string of the molecule is O=S(=O)(NS(=O)(=O)C(F)(F)F)c1ccc2c(c1-c1c(S(=O)(=O)NS(=O)(=O)C(F)(F)F)ccc3c1CCCC3)CCCC2. The van der Waals surface area contributed by atoms with E-state index in [0.717, 1.165) is 12.1 Å². The van der Waals surface area contributed by atoms with Crippen LogP contribution < -0.4 is 8.25 Å². The zero-order chi connectivity index (χ0) is 31.5. The predicted octanol–water partition coefficient (Wildman–Crippen LogP) is 3.37. The van der Waals surface area contributed by atoms with Gasteiger partial charge < -0.3 is 0 Å². The lowest BCUT2D eigenvalue weighted by molar-refractivity contribution is -0.0447. The van der Waals surface area contributed by atoms with Crippen LogP contribution in [0.3, 0.4) is 0 Å². The summed E-state index contributed by atoms with van der Waals surface area (Å²) >= 11 is 0. The predicted molar refractivity (Wildman–Crippen MR) is 136 cm³/mol. The van der Waals surface area contributed by atoms with Crippen LogP contribution in [-0.4, -0.2) is 44.7 Å². The summed E-state index contributed by atoms with van der Waals surface area (Å²) in [6.45, 7) is 0. The molecule has 42 heavy (non-hydrogen) atoms. The minimum atomic E-state index is -6.49. The Morgan fingerprint density at radius 1 is 0.500 bits per heavy atom. The molecule has 0 spiro atoms. The van der Waals surface area contributed by atoms with Gasteiger partial charge in [0.2, 0.25) is 0 Å². The maximum absolute atomic E-state index is 13.3. The minimum absolute atomic E-state index is 0.0531. The number of alkyl halides is 6. The fraction of sp³-hybridized carbons (Fsp3) is 0.455. The van der Waals surface area contributed by atoms with Crippen LogP contribution in [0.2, 0.25) is 0 Å². The van der Waals surface area contributed by atoms with Crippen LogP contribution in [0, 0.1) is 0 Å². The summed E-state index contributed by atoms with van der Waals surface area (Å²) in [5.41, 5.74) is -12.0. The molecule has 0 radical (unpaired) electrons. The molecular weight excluding hydrogens is 663 g/mol. The third-order valence-electron chi connectivity index (χ3n) is 6.87. The maximum Gasteiger partial charge on any atom is 0.512 e. The quantitative estimate of drug-likeness (QED) is 0.420.